The summed E-state index contributed by atoms with van der Waals surface area (Å²) in [6.45, 7) is 17.6. The number of carbonyl (C=O) groups excluding carboxylic acids is 1. The summed E-state index contributed by atoms with van der Waals surface area (Å²) in [5.74, 6) is -1.68. The van der Waals surface area contributed by atoms with Gasteiger partial charge in [0.1, 0.15) is 0 Å². The van der Waals surface area contributed by atoms with E-state index < -0.39 is 73.8 Å². The molecule has 0 saturated heterocycles. The van der Waals surface area contributed by atoms with Crippen molar-refractivity contribution in [2.24, 2.45) is 0 Å². The third-order valence-electron chi connectivity index (χ3n) is 3.99. The Morgan fingerprint density at radius 3 is 1.66 bits per heavy atom. The molecule has 0 aromatic carbocycles. The van der Waals surface area contributed by atoms with Crippen LogP contribution in [0.4, 0.5) is 22.0 Å². The molecule has 35 heavy (non-hydrogen) atoms. The van der Waals surface area contributed by atoms with Crippen molar-refractivity contribution in [2.45, 2.75) is 102 Å². The number of esters is 1. The highest BCUT2D eigenvalue weighted by molar-refractivity contribution is 7.86. The molecule has 210 valence electrons. The molecule has 2 atom stereocenters. The molecule has 0 rings (SSSR count). The maximum absolute atomic E-state index is 13.6. The van der Waals surface area contributed by atoms with Crippen LogP contribution in [0, 0.1) is 0 Å². The van der Waals surface area contributed by atoms with Crippen LogP contribution in [0.1, 0.15) is 19.3 Å². The van der Waals surface area contributed by atoms with Crippen molar-refractivity contribution in [2.75, 3.05) is 0 Å². The average molecular weight is 609 g/mol. The smallest absolute Gasteiger partial charge is 0.432 e. The number of unbranched alkanes of at least 4 members (excludes halogenated alkanes) is 1. The van der Waals surface area contributed by atoms with Gasteiger partial charge in [0, 0.05) is 6.42 Å². The Balaban J connectivity index is 5.30. The standard InChI is InChI=1S/C17H37F5O8SSi4/c1-32(2,3)28-34(7,8)30-35(9,29-33(4,5)6)13-11-10-12-14(23)27-15(16(18,19)20)17(21,22)31(24,25)26/h15H,10-13H2,1-9H3,(H,24,25,26). The largest absolute Gasteiger partial charge is 0.445 e. The lowest BCUT2D eigenvalue weighted by Crippen LogP contribution is -2.56. The van der Waals surface area contributed by atoms with Gasteiger partial charge in [-0.25, -0.2) is 0 Å². The molecule has 1 N–H and O–H groups in total. The second kappa shape index (κ2) is 11.7. The zero-order chi connectivity index (χ0) is 28.3. The van der Waals surface area contributed by atoms with Gasteiger partial charge in [0.2, 0.25) is 0 Å². The molecule has 18 heteroatoms. The summed E-state index contributed by atoms with van der Waals surface area (Å²) in [6.07, 6.45) is -10.7. The highest BCUT2D eigenvalue weighted by Crippen LogP contribution is 2.38. The molecule has 0 aliphatic carbocycles. The van der Waals surface area contributed by atoms with E-state index in [9.17, 15) is 35.2 Å². The molecule has 0 amide bonds. The number of ether oxygens (including phenoxy) is 1. The molecule has 0 fully saturated rings. The normalized spacial score (nSPS) is 17.1. The number of hydrogen-bond donors (Lipinski definition) is 1. The maximum Gasteiger partial charge on any atom is 0.432 e. The summed E-state index contributed by atoms with van der Waals surface area (Å²) in [4.78, 5) is 11.8. The van der Waals surface area contributed by atoms with Crippen LogP contribution in [0.25, 0.3) is 0 Å². The molecule has 0 aliphatic rings. The molecule has 0 aromatic rings. The SMILES string of the molecule is C[Si](C)(C)O[Si](C)(C)O[Si](C)(CCCCC(=O)OC(C(F)(F)F)C(F)(F)S(=O)(=O)O)O[Si](C)(C)C. The zero-order valence-corrected chi connectivity index (χ0v) is 26.3. The summed E-state index contributed by atoms with van der Waals surface area (Å²) >= 11 is 0. The van der Waals surface area contributed by atoms with E-state index in [1.165, 1.54) is 0 Å². The van der Waals surface area contributed by atoms with Crippen LogP contribution in [0.2, 0.25) is 65.0 Å². The highest BCUT2D eigenvalue weighted by atomic mass is 32.2. The molecule has 0 aliphatic heterocycles. The number of halogens is 5. The van der Waals surface area contributed by atoms with E-state index in [0.29, 0.717) is 6.04 Å². The summed E-state index contributed by atoms with van der Waals surface area (Å²) in [5, 5.41) is -5.75. The Hall–Kier alpha value is -0.222. The molecule has 0 bridgehead atoms. The molecule has 0 radical (unpaired) electrons. The van der Waals surface area contributed by atoms with Crippen LogP contribution in [-0.4, -0.2) is 70.2 Å². The van der Waals surface area contributed by atoms with Crippen LogP contribution in [0.5, 0.6) is 0 Å². The number of hydrogen-bond acceptors (Lipinski definition) is 7. The predicted octanol–water partition coefficient (Wildman–Crippen LogP) is 5.60. The van der Waals surface area contributed by atoms with E-state index in [1.54, 1.807) is 0 Å². The van der Waals surface area contributed by atoms with Gasteiger partial charge in [0.15, 0.2) is 16.6 Å². The lowest BCUT2D eigenvalue weighted by molar-refractivity contribution is -0.259. The second-order valence-corrected chi connectivity index (χ2v) is 28.7. The summed E-state index contributed by atoms with van der Waals surface area (Å²) in [7, 11) is -15.9. The van der Waals surface area contributed by atoms with Crippen molar-refractivity contribution in [3.63, 3.8) is 0 Å². The number of carbonyl (C=O) groups is 1. The van der Waals surface area contributed by atoms with E-state index in [1.807, 2.05) is 58.9 Å². The van der Waals surface area contributed by atoms with E-state index in [2.05, 4.69) is 4.74 Å². The van der Waals surface area contributed by atoms with Crippen molar-refractivity contribution in [3.8, 4) is 0 Å². The van der Waals surface area contributed by atoms with E-state index >= 15 is 0 Å². The van der Waals surface area contributed by atoms with Crippen molar-refractivity contribution in [1.29, 1.82) is 0 Å². The van der Waals surface area contributed by atoms with Gasteiger partial charge < -0.3 is 17.1 Å². The fraction of sp³-hybridized carbons (Fsp3) is 0.941. The third-order valence-corrected chi connectivity index (χ3v) is 18.4. The van der Waals surface area contributed by atoms with Crippen LogP contribution >= 0.6 is 0 Å². The van der Waals surface area contributed by atoms with Crippen molar-refractivity contribution < 1.29 is 56.8 Å². The monoisotopic (exact) mass is 608 g/mol. The third kappa shape index (κ3) is 13.2. The average Bonchev–Trinajstić information content (AvgIpc) is 2.49. The van der Waals surface area contributed by atoms with E-state index in [4.69, 9.17) is 16.9 Å². The predicted molar refractivity (Wildman–Crippen MR) is 130 cm³/mol. The Kier molecular flexibility index (Phi) is 11.6. The number of rotatable bonds is 14. The van der Waals surface area contributed by atoms with Gasteiger partial charge in [-0.15, -0.1) is 0 Å². The van der Waals surface area contributed by atoms with Crippen LogP contribution in [0.15, 0.2) is 0 Å². The van der Waals surface area contributed by atoms with Crippen molar-refractivity contribution in [1.82, 2.24) is 0 Å². The van der Waals surface area contributed by atoms with Gasteiger partial charge in [-0.3, -0.25) is 9.35 Å². The quantitative estimate of drug-likeness (QED) is 0.0892. The zero-order valence-electron chi connectivity index (χ0n) is 21.5. The fourth-order valence-electron chi connectivity index (χ4n) is 3.42. The van der Waals surface area contributed by atoms with Gasteiger partial charge in [-0.1, -0.05) is 6.42 Å². The summed E-state index contributed by atoms with van der Waals surface area (Å²) in [6, 6.07) is 0.361. The molecule has 0 heterocycles. The van der Waals surface area contributed by atoms with Crippen LogP contribution < -0.4 is 0 Å². The molecule has 0 spiro atoms. The molecular weight excluding hydrogens is 572 g/mol. The van der Waals surface area contributed by atoms with Gasteiger partial charge in [-0.05, 0) is 71.4 Å². The summed E-state index contributed by atoms with van der Waals surface area (Å²) in [5.41, 5.74) is 0. The second-order valence-electron chi connectivity index (χ2n) is 10.7. The van der Waals surface area contributed by atoms with E-state index in [0.717, 1.165) is 0 Å². The Morgan fingerprint density at radius 1 is 0.829 bits per heavy atom. The highest BCUT2D eigenvalue weighted by Gasteiger charge is 2.66. The van der Waals surface area contributed by atoms with Gasteiger partial charge in [-0.2, -0.15) is 30.4 Å². The fourth-order valence-corrected chi connectivity index (χ4v) is 21.9. The first kappa shape index (κ1) is 34.8. The molecule has 2 unspecified atom stereocenters. The first-order chi connectivity index (χ1) is 15.1. The van der Waals surface area contributed by atoms with Crippen molar-refractivity contribution in [3.05, 3.63) is 0 Å². The Labute approximate surface area is 208 Å². The molecule has 0 saturated carbocycles. The summed E-state index contributed by atoms with van der Waals surface area (Å²) < 4.78 is 118. The first-order valence-electron chi connectivity index (χ1n) is 10.8. The molecular formula is C17H37F5O8SSi4. The topological polar surface area (TPSA) is 108 Å². The minimum atomic E-state index is -6.48. The van der Waals surface area contributed by atoms with Crippen LogP contribution in [-0.2, 0) is 32.0 Å². The van der Waals surface area contributed by atoms with Gasteiger partial charge >= 0.3 is 44.6 Å². The molecule has 0 aromatic heterocycles. The Morgan fingerprint density at radius 2 is 1.29 bits per heavy atom. The van der Waals surface area contributed by atoms with Crippen molar-refractivity contribution >= 4 is 49.8 Å². The lowest BCUT2D eigenvalue weighted by atomic mass is 10.2. The maximum atomic E-state index is 13.6. The van der Waals surface area contributed by atoms with E-state index in [-0.39, 0.29) is 12.8 Å². The minimum Gasteiger partial charge on any atom is -0.445 e. The Bertz CT molecular complexity index is 828. The number of alkyl halides is 5. The molecule has 8 nitrogen and oxygen atoms in total. The first-order valence-corrected chi connectivity index (χ1v) is 24.4. The lowest BCUT2D eigenvalue weighted by Gasteiger charge is -2.41. The minimum absolute atomic E-state index is 0.0429. The van der Waals surface area contributed by atoms with Gasteiger partial charge in [0.25, 0.3) is 6.10 Å². The van der Waals surface area contributed by atoms with Gasteiger partial charge in [0.05, 0.1) is 0 Å². The van der Waals surface area contributed by atoms with Crippen LogP contribution in [0.3, 0.4) is 0 Å².